The van der Waals surface area contributed by atoms with E-state index < -0.39 is 0 Å². The van der Waals surface area contributed by atoms with Gasteiger partial charge < -0.3 is 0 Å². The summed E-state index contributed by atoms with van der Waals surface area (Å²) >= 11 is 0.165. The molecule has 166 valence electrons. The first-order valence-corrected chi connectivity index (χ1v) is 15.6. The zero-order valence-electron chi connectivity index (χ0n) is 18.3. The Morgan fingerprint density at radius 3 is 1.33 bits per heavy atom. The molecule has 0 aliphatic heterocycles. The van der Waals surface area contributed by atoms with E-state index in [0.717, 1.165) is 31.9 Å². The van der Waals surface area contributed by atoms with Crippen LogP contribution in [-0.2, 0) is 9.47 Å². The quantitative estimate of drug-likeness (QED) is 0.356. The molecule has 6 nitrogen and oxygen atoms in total. The predicted octanol–water partition coefficient (Wildman–Crippen LogP) is 1.81. The molecule has 0 unspecified atom stereocenters. The van der Waals surface area contributed by atoms with Crippen molar-refractivity contribution in [3.05, 3.63) is 36.4 Å². The Balaban J connectivity index is 2.29. The van der Waals surface area contributed by atoms with Gasteiger partial charge in [0.1, 0.15) is 0 Å². The van der Waals surface area contributed by atoms with Gasteiger partial charge in [0.05, 0.1) is 0 Å². The van der Waals surface area contributed by atoms with Gasteiger partial charge in [-0.2, -0.15) is 0 Å². The molecule has 2 aromatic carbocycles. The number of hydrogen-bond acceptors (Lipinski definition) is 6. The van der Waals surface area contributed by atoms with Crippen LogP contribution in [0, 0.1) is 0 Å². The van der Waals surface area contributed by atoms with Crippen molar-refractivity contribution in [1.82, 2.24) is 0 Å². The van der Waals surface area contributed by atoms with Crippen LogP contribution in [-0.4, -0.2) is 80.1 Å². The number of benzene rings is 2. The van der Waals surface area contributed by atoms with Crippen molar-refractivity contribution in [2.75, 3.05) is 41.7 Å². The molecule has 0 aliphatic carbocycles. The Hall–Kier alpha value is -1.40. The number of ether oxygens (including phenoxy) is 6. The summed E-state index contributed by atoms with van der Waals surface area (Å²) in [5.74, 6) is 3.35. The summed E-state index contributed by atoms with van der Waals surface area (Å²) in [4.78, 5) is 0. The topological polar surface area (TPSA) is 55.4 Å². The third kappa shape index (κ3) is 7.09. The van der Waals surface area contributed by atoms with E-state index in [9.17, 15) is 0 Å². The van der Waals surface area contributed by atoms with E-state index in [2.05, 4.69) is 0 Å². The van der Waals surface area contributed by atoms with Gasteiger partial charge in [0, 0.05) is 0 Å². The Kier molecular flexibility index (Phi) is 10.9. The Morgan fingerprint density at radius 1 is 0.633 bits per heavy atom. The van der Waals surface area contributed by atoms with Crippen LogP contribution in [0.25, 0.3) is 0 Å². The normalized spacial score (nSPS) is 12.9. The Morgan fingerprint density at radius 2 is 1.00 bits per heavy atom. The molecular weight excluding hydrogens is 518 g/mol. The second kappa shape index (κ2) is 13.1. The molecule has 8 heteroatoms. The van der Waals surface area contributed by atoms with Gasteiger partial charge in [0.25, 0.3) is 0 Å². The van der Waals surface area contributed by atoms with Crippen molar-refractivity contribution >= 4 is 35.2 Å². The predicted molar refractivity (Wildman–Crippen MR) is 121 cm³/mol. The molecule has 0 amide bonds. The molecule has 0 spiro atoms. The average molecular weight is 548 g/mol. The second-order valence-corrected chi connectivity index (χ2v) is 12.6. The number of methoxy groups -OCH3 is 4. The van der Waals surface area contributed by atoms with Gasteiger partial charge >= 0.3 is 191 Å². The van der Waals surface area contributed by atoms with Crippen LogP contribution < -0.4 is 27.9 Å². The molecule has 2 rings (SSSR count). The van der Waals surface area contributed by atoms with Crippen molar-refractivity contribution in [1.29, 1.82) is 0 Å². The van der Waals surface area contributed by atoms with E-state index in [0.29, 0.717) is 13.2 Å². The molecule has 0 saturated heterocycles. The molecule has 0 radical (unpaired) electrons. The fourth-order valence-corrected chi connectivity index (χ4v) is 10.3. The van der Waals surface area contributed by atoms with Gasteiger partial charge in [0.2, 0.25) is 0 Å². The standard InChI is InChI=1S/C22H30O6Se2/c1-15(13-23-3)27-19-11-7-9-17(25-5)21(19)29-30-22-18(26-6)10-8-12-20(22)28-16(2)14-24-4/h7-12,15-16H,13-14H2,1-6H3/t15-,16-/m1/s1. The molecule has 2 aromatic rings. The van der Waals surface area contributed by atoms with Crippen LogP contribution in [0.4, 0.5) is 0 Å². The first-order valence-electron chi connectivity index (χ1n) is 9.53. The molecule has 0 aromatic heterocycles. The summed E-state index contributed by atoms with van der Waals surface area (Å²) in [6.45, 7) is 5.04. The third-order valence-electron chi connectivity index (χ3n) is 3.99. The summed E-state index contributed by atoms with van der Waals surface area (Å²) in [5, 5.41) is 0. The summed E-state index contributed by atoms with van der Waals surface area (Å²) in [5.41, 5.74) is 0. The Labute approximate surface area is 190 Å². The van der Waals surface area contributed by atoms with Crippen molar-refractivity contribution in [2.24, 2.45) is 0 Å². The van der Waals surface area contributed by atoms with E-state index in [1.54, 1.807) is 28.4 Å². The van der Waals surface area contributed by atoms with Crippen molar-refractivity contribution in [3.8, 4) is 23.0 Å². The van der Waals surface area contributed by atoms with Crippen molar-refractivity contribution < 1.29 is 28.4 Å². The number of rotatable bonds is 13. The monoisotopic (exact) mass is 550 g/mol. The third-order valence-corrected chi connectivity index (χ3v) is 11.1. The average Bonchev–Trinajstić information content (AvgIpc) is 2.73. The summed E-state index contributed by atoms with van der Waals surface area (Å²) in [6.07, 6.45) is -0.103. The number of hydrogen-bond donors (Lipinski definition) is 0. The minimum atomic E-state index is -0.0517. The molecule has 0 fully saturated rings. The van der Waals surface area contributed by atoms with Crippen LogP contribution in [0.5, 0.6) is 23.0 Å². The fourth-order valence-electron chi connectivity index (χ4n) is 2.72. The maximum atomic E-state index is 6.14. The molecule has 2 atom stereocenters. The maximum absolute atomic E-state index is 6.14. The molecule has 0 aliphatic rings. The van der Waals surface area contributed by atoms with Crippen molar-refractivity contribution in [3.63, 3.8) is 0 Å². The Bertz CT molecular complexity index is 721. The molecular formula is C22H30O6Se2. The van der Waals surface area contributed by atoms with Crippen molar-refractivity contribution in [2.45, 2.75) is 26.1 Å². The van der Waals surface area contributed by atoms with E-state index in [-0.39, 0.29) is 38.5 Å². The van der Waals surface area contributed by atoms with Crippen LogP contribution in [0.1, 0.15) is 13.8 Å². The van der Waals surface area contributed by atoms with Gasteiger partial charge in [-0.25, -0.2) is 0 Å². The second-order valence-electron chi connectivity index (χ2n) is 6.51. The van der Waals surface area contributed by atoms with Crippen LogP contribution in [0.3, 0.4) is 0 Å². The van der Waals surface area contributed by atoms with Gasteiger partial charge in [-0.3, -0.25) is 0 Å². The molecule has 0 saturated carbocycles. The van der Waals surface area contributed by atoms with E-state index >= 15 is 0 Å². The molecule has 0 bridgehead atoms. The van der Waals surface area contributed by atoms with E-state index in [4.69, 9.17) is 28.4 Å². The van der Waals surface area contributed by atoms with Gasteiger partial charge in [-0.15, -0.1) is 0 Å². The molecule has 30 heavy (non-hydrogen) atoms. The zero-order valence-corrected chi connectivity index (χ0v) is 21.7. The van der Waals surface area contributed by atoms with E-state index in [1.165, 1.54) is 0 Å². The summed E-state index contributed by atoms with van der Waals surface area (Å²) in [6, 6.07) is 11.8. The van der Waals surface area contributed by atoms with Gasteiger partial charge in [0.15, 0.2) is 0 Å². The van der Waals surface area contributed by atoms with E-state index in [1.807, 2.05) is 50.2 Å². The summed E-state index contributed by atoms with van der Waals surface area (Å²) < 4.78 is 36.2. The summed E-state index contributed by atoms with van der Waals surface area (Å²) in [7, 11) is 6.73. The van der Waals surface area contributed by atoms with Crippen LogP contribution in [0.2, 0.25) is 0 Å². The zero-order chi connectivity index (χ0) is 21.9. The van der Waals surface area contributed by atoms with Crippen LogP contribution in [0.15, 0.2) is 36.4 Å². The first kappa shape index (κ1) is 24.9. The first-order chi connectivity index (χ1) is 14.5. The SMILES string of the molecule is COC[C@@H](C)Oc1cccc(OC)c1[Se][Se]c1c(OC)cccc1O[C@H](C)COC. The van der Waals surface area contributed by atoms with Crippen LogP contribution >= 0.6 is 0 Å². The fraction of sp³-hybridized carbons (Fsp3) is 0.455. The molecule has 0 heterocycles. The minimum absolute atomic E-state index is 0.0517. The van der Waals surface area contributed by atoms with Gasteiger partial charge in [-0.05, 0) is 0 Å². The van der Waals surface area contributed by atoms with Gasteiger partial charge in [-0.1, -0.05) is 0 Å². The molecule has 0 N–H and O–H groups in total.